The van der Waals surface area contributed by atoms with Crippen LogP contribution in [-0.4, -0.2) is 12.6 Å². The van der Waals surface area contributed by atoms with Crippen LogP contribution in [0.1, 0.15) is 71.1 Å². The molecule has 1 fully saturated rings. The smallest absolute Gasteiger partial charge is 0.293 e. The van der Waals surface area contributed by atoms with Crippen molar-refractivity contribution >= 4 is 6.47 Å². The van der Waals surface area contributed by atoms with Gasteiger partial charge in [-0.2, -0.15) is 0 Å². The molecule has 0 N–H and O–H groups in total. The molecule has 0 atom stereocenters. The van der Waals surface area contributed by atoms with Gasteiger partial charge in [0, 0.05) is 0 Å². The van der Waals surface area contributed by atoms with Gasteiger partial charge in [-0.15, -0.1) is 0 Å². The highest BCUT2D eigenvalue weighted by Crippen LogP contribution is 2.29. The van der Waals surface area contributed by atoms with Crippen LogP contribution in [-0.2, 0) is 9.53 Å². The van der Waals surface area contributed by atoms with Crippen LogP contribution in [0.15, 0.2) is 0 Å². The largest absolute Gasteiger partial charge is 0.465 e. The maximum Gasteiger partial charge on any atom is 0.293 e. The average Bonchev–Trinajstić information content (AvgIpc) is 2.31. The second-order valence-corrected chi connectivity index (χ2v) is 5.08. The summed E-state index contributed by atoms with van der Waals surface area (Å²) in [5.41, 5.74) is 0. The van der Waals surface area contributed by atoms with Crippen LogP contribution in [0.5, 0.6) is 0 Å². The van der Waals surface area contributed by atoms with E-state index in [1.165, 1.54) is 51.4 Å². The molecule has 0 unspecified atom stereocenters. The topological polar surface area (TPSA) is 26.3 Å². The molecule has 2 nitrogen and oxygen atoms in total. The zero-order chi connectivity index (χ0) is 11.6. The first-order valence-electron chi connectivity index (χ1n) is 6.96. The Bertz CT molecular complexity index is 172. The van der Waals surface area contributed by atoms with E-state index in [4.69, 9.17) is 4.74 Å². The van der Waals surface area contributed by atoms with Gasteiger partial charge in [-0.1, -0.05) is 45.4 Å². The van der Waals surface area contributed by atoms with Gasteiger partial charge in [-0.05, 0) is 31.6 Å². The number of hydrogen-bond donors (Lipinski definition) is 0. The standard InChI is InChI=1S/C14H26O2/c1-2-3-4-5-6-7-13-8-10-14(11-9-13)16-12-15/h12-14H,2-11H2,1H3. The maximum atomic E-state index is 10.2. The van der Waals surface area contributed by atoms with E-state index in [0.29, 0.717) is 6.47 Å². The lowest BCUT2D eigenvalue weighted by atomic mass is 9.84. The molecular formula is C14H26O2. The van der Waals surface area contributed by atoms with Gasteiger partial charge in [0.2, 0.25) is 0 Å². The van der Waals surface area contributed by atoms with Crippen molar-refractivity contribution in [1.82, 2.24) is 0 Å². The summed E-state index contributed by atoms with van der Waals surface area (Å²) in [7, 11) is 0. The van der Waals surface area contributed by atoms with Crippen LogP contribution in [0.2, 0.25) is 0 Å². The van der Waals surface area contributed by atoms with Crippen molar-refractivity contribution in [3.05, 3.63) is 0 Å². The van der Waals surface area contributed by atoms with E-state index >= 15 is 0 Å². The zero-order valence-electron chi connectivity index (χ0n) is 10.6. The van der Waals surface area contributed by atoms with Gasteiger partial charge in [-0.3, -0.25) is 4.79 Å². The summed E-state index contributed by atoms with van der Waals surface area (Å²) in [6.07, 6.45) is 13.2. The average molecular weight is 226 g/mol. The van der Waals surface area contributed by atoms with E-state index < -0.39 is 0 Å². The third-order valence-electron chi connectivity index (χ3n) is 3.76. The molecule has 1 saturated carbocycles. The number of unbranched alkanes of at least 4 members (excludes halogenated alkanes) is 4. The Morgan fingerprint density at radius 1 is 1.06 bits per heavy atom. The number of carbonyl (C=O) groups excluding carboxylic acids is 1. The molecule has 0 bridgehead atoms. The van der Waals surface area contributed by atoms with Crippen molar-refractivity contribution in [3.8, 4) is 0 Å². The van der Waals surface area contributed by atoms with Crippen LogP contribution in [0.4, 0.5) is 0 Å². The van der Waals surface area contributed by atoms with Crippen LogP contribution >= 0.6 is 0 Å². The monoisotopic (exact) mass is 226 g/mol. The second-order valence-electron chi connectivity index (χ2n) is 5.08. The van der Waals surface area contributed by atoms with E-state index in [1.54, 1.807) is 0 Å². The third-order valence-corrected chi connectivity index (χ3v) is 3.76. The lowest BCUT2D eigenvalue weighted by molar-refractivity contribution is -0.135. The molecule has 0 aromatic heterocycles. The zero-order valence-corrected chi connectivity index (χ0v) is 10.6. The molecule has 0 aliphatic heterocycles. The fourth-order valence-electron chi connectivity index (χ4n) is 2.67. The molecule has 1 rings (SSSR count). The third kappa shape index (κ3) is 5.53. The Labute approximate surface area is 99.8 Å². The Hall–Kier alpha value is -0.530. The maximum absolute atomic E-state index is 10.2. The summed E-state index contributed by atoms with van der Waals surface area (Å²) >= 11 is 0. The van der Waals surface area contributed by atoms with Crippen molar-refractivity contribution < 1.29 is 9.53 Å². The van der Waals surface area contributed by atoms with Crippen LogP contribution in [0.25, 0.3) is 0 Å². The lowest BCUT2D eigenvalue weighted by Gasteiger charge is -2.27. The van der Waals surface area contributed by atoms with E-state index in [2.05, 4.69) is 6.92 Å². The normalized spacial score (nSPS) is 25.3. The van der Waals surface area contributed by atoms with Crippen LogP contribution in [0, 0.1) is 5.92 Å². The molecule has 2 heteroatoms. The lowest BCUT2D eigenvalue weighted by Crippen LogP contribution is -2.21. The summed E-state index contributed by atoms with van der Waals surface area (Å²) in [6.45, 7) is 2.87. The van der Waals surface area contributed by atoms with Gasteiger partial charge >= 0.3 is 0 Å². The van der Waals surface area contributed by atoms with Crippen molar-refractivity contribution in [2.24, 2.45) is 5.92 Å². The first kappa shape index (κ1) is 13.5. The number of hydrogen-bond acceptors (Lipinski definition) is 2. The van der Waals surface area contributed by atoms with Gasteiger partial charge < -0.3 is 4.74 Å². The highest BCUT2D eigenvalue weighted by Gasteiger charge is 2.21. The fraction of sp³-hybridized carbons (Fsp3) is 0.929. The molecule has 94 valence electrons. The molecule has 0 saturated heterocycles. The summed E-state index contributed by atoms with van der Waals surface area (Å²) in [6, 6.07) is 0. The van der Waals surface area contributed by atoms with Gasteiger partial charge in [-0.25, -0.2) is 0 Å². The highest BCUT2D eigenvalue weighted by molar-refractivity contribution is 5.37. The first-order valence-corrected chi connectivity index (χ1v) is 6.96. The Morgan fingerprint density at radius 2 is 1.75 bits per heavy atom. The molecular weight excluding hydrogens is 200 g/mol. The van der Waals surface area contributed by atoms with E-state index in [9.17, 15) is 4.79 Å². The molecule has 16 heavy (non-hydrogen) atoms. The minimum atomic E-state index is 0.217. The quantitative estimate of drug-likeness (QED) is 0.460. The molecule has 1 aliphatic rings. The van der Waals surface area contributed by atoms with Crippen LogP contribution in [0.3, 0.4) is 0 Å². The van der Waals surface area contributed by atoms with Crippen LogP contribution < -0.4 is 0 Å². The highest BCUT2D eigenvalue weighted by atomic mass is 16.5. The Balaban J connectivity index is 1.97. The van der Waals surface area contributed by atoms with E-state index in [1.807, 2.05) is 0 Å². The molecule has 0 aromatic carbocycles. The van der Waals surface area contributed by atoms with Gasteiger partial charge in [0.15, 0.2) is 0 Å². The minimum absolute atomic E-state index is 0.217. The summed E-state index contributed by atoms with van der Waals surface area (Å²) in [5.74, 6) is 0.896. The van der Waals surface area contributed by atoms with Gasteiger partial charge in [0.25, 0.3) is 6.47 Å². The summed E-state index contributed by atoms with van der Waals surface area (Å²) in [4.78, 5) is 10.2. The molecule has 0 amide bonds. The first-order chi connectivity index (χ1) is 7.86. The van der Waals surface area contributed by atoms with Crippen molar-refractivity contribution in [1.29, 1.82) is 0 Å². The van der Waals surface area contributed by atoms with Crippen molar-refractivity contribution in [3.63, 3.8) is 0 Å². The van der Waals surface area contributed by atoms with E-state index in [-0.39, 0.29) is 6.10 Å². The van der Waals surface area contributed by atoms with E-state index in [0.717, 1.165) is 18.8 Å². The van der Waals surface area contributed by atoms with Gasteiger partial charge in [0.05, 0.1) is 0 Å². The SMILES string of the molecule is CCCCCCCC1CCC(OC=O)CC1. The Morgan fingerprint density at radius 3 is 2.38 bits per heavy atom. The van der Waals surface area contributed by atoms with Crippen molar-refractivity contribution in [2.75, 3.05) is 0 Å². The molecule has 0 heterocycles. The predicted octanol–water partition coefficient (Wildman–Crippen LogP) is 4.08. The van der Waals surface area contributed by atoms with Gasteiger partial charge in [0.1, 0.15) is 6.10 Å². The number of rotatable bonds is 8. The second kappa shape index (κ2) is 8.60. The molecule has 0 aromatic rings. The molecule has 1 aliphatic carbocycles. The number of ether oxygens (including phenoxy) is 1. The number of carbonyl (C=O) groups is 1. The fourth-order valence-corrected chi connectivity index (χ4v) is 2.67. The van der Waals surface area contributed by atoms with Crippen molar-refractivity contribution in [2.45, 2.75) is 77.2 Å². The summed E-state index contributed by atoms with van der Waals surface area (Å²) < 4.78 is 5.01. The molecule has 0 spiro atoms. The molecule has 0 radical (unpaired) electrons. The summed E-state index contributed by atoms with van der Waals surface area (Å²) in [5, 5.41) is 0. The minimum Gasteiger partial charge on any atom is -0.465 e. The Kier molecular flexibility index (Phi) is 7.28. The predicted molar refractivity (Wildman–Crippen MR) is 66.3 cm³/mol.